The zero-order valence-electron chi connectivity index (χ0n) is 16.6. The smallest absolute Gasteiger partial charge is 0.255 e. The minimum Gasteiger partial charge on any atom is -0.362 e. The van der Waals surface area contributed by atoms with Gasteiger partial charge in [0.15, 0.2) is 0 Å². The van der Waals surface area contributed by atoms with Gasteiger partial charge in [-0.3, -0.25) is 9.59 Å². The monoisotopic (exact) mass is 379 g/mol. The van der Waals surface area contributed by atoms with Crippen molar-refractivity contribution in [3.8, 4) is 0 Å². The Balaban J connectivity index is 1.55. The number of aromatic nitrogens is 2. The first-order valence-corrected chi connectivity index (χ1v) is 9.69. The molecule has 1 aromatic heterocycles. The molecule has 2 aliphatic heterocycles. The van der Waals surface area contributed by atoms with E-state index in [-0.39, 0.29) is 11.8 Å². The van der Waals surface area contributed by atoms with Gasteiger partial charge in [-0.1, -0.05) is 25.1 Å². The van der Waals surface area contributed by atoms with Crippen LogP contribution in [0.3, 0.4) is 0 Å². The van der Waals surface area contributed by atoms with E-state index in [0.29, 0.717) is 31.6 Å². The van der Waals surface area contributed by atoms with Crippen LogP contribution in [0.5, 0.6) is 0 Å². The highest BCUT2D eigenvalue weighted by atomic mass is 16.2. The van der Waals surface area contributed by atoms with E-state index in [1.54, 1.807) is 11.2 Å². The third-order valence-corrected chi connectivity index (χ3v) is 5.62. The van der Waals surface area contributed by atoms with Crippen molar-refractivity contribution in [1.82, 2.24) is 19.8 Å². The molecule has 4 rings (SSSR count). The third-order valence-electron chi connectivity index (χ3n) is 5.62. The Labute approximate surface area is 165 Å². The van der Waals surface area contributed by atoms with Crippen molar-refractivity contribution >= 4 is 17.6 Å². The number of benzene rings is 1. The number of nitrogens with zero attached hydrogens (tertiary/aromatic N) is 5. The Morgan fingerprint density at radius 2 is 2.00 bits per heavy atom. The largest absolute Gasteiger partial charge is 0.362 e. The molecule has 7 nitrogen and oxygen atoms in total. The Hall–Kier alpha value is -2.96. The summed E-state index contributed by atoms with van der Waals surface area (Å²) >= 11 is 0. The summed E-state index contributed by atoms with van der Waals surface area (Å²) in [5.41, 5.74) is 3.70. The average molecular weight is 379 g/mol. The number of rotatable bonds is 4. The second kappa shape index (κ2) is 7.22. The van der Waals surface area contributed by atoms with Crippen molar-refractivity contribution in [3.63, 3.8) is 0 Å². The molecular formula is C21H25N5O2. The number of carbonyl (C=O) groups is 2. The molecule has 1 aromatic carbocycles. The molecule has 146 valence electrons. The predicted molar refractivity (Wildman–Crippen MR) is 106 cm³/mol. The zero-order chi connectivity index (χ0) is 19.8. The molecule has 3 heterocycles. The molecule has 2 aliphatic rings. The predicted octanol–water partition coefficient (Wildman–Crippen LogP) is 1.86. The first-order valence-electron chi connectivity index (χ1n) is 9.69. The highest BCUT2D eigenvalue weighted by molar-refractivity contribution is 6.01. The second-order valence-electron chi connectivity index (χ2n) is 7.54. The minimum absolute atomic E-state index is 0.000628. The Kier molecular flexibility index (Phi) is 4.75. The zero-order valence-corrected chi connectivity index (χ0v) is 16.6. The van der Waals surface area contributed by atoms with Gasteiger partial charge in [0, 0.05) is 38.3 Å². The molecule has 2 amide bonds. The van der Waals surface area contributed by atoms with Crippen LogP contribution < -0.4 is 4.90 Å². The molecule has 7 heteroatoms. The summed E-state index contributed by atoms with van der Waals surface area (Å²) in [4.78, 5) is 40.5. The molecule has 2 aromatic rings. The molecule has 0 fully saturated rings. The molecule has 0 bridgehead atoms. The quantitative estimate of drug-likeness (QED) is 0.811. The van der Waals surface area contributed by atoms with Gasteiger partial charge in [0.2, 0.25) is 5.91 Å². The van der Waals surface area contributed by atoms with Crippen molar-refractivity contribution in [2.24, 2.45) is 0 Å². The summed E-state index contributed by atoms with van der Waals surface area (Å²) < 4.78 is 0. The fraction of sp³-hybridized carbons (Fsp3) is 0.429. The van der Waals surface area contributed by atoms with Gasteiger partial charge in [-0.25, -0.2) is 9.97 Å². The van der Waals surface area contributed by atoms with Crippen LogP contribution in [-0.2, 0) is 24.3 Å². The van der Waals surface area contributed by atoms with Crippen LogP contribution in [0.2, 0.25) is 0 Å². The number of anilines is 1. The lowest BCUT2D eigenvalue weighted by atomic mass is 10.0. The fourth-order valence-electron chi connectivity index (χ4n) is 4.18. The molecule has 0 saturated carbocycles. The Bertz CT molecular complexity index is 927. The van der Waals surface area contributed by atoms with Gasteiger partial charge < -0.3 is 14.7 Å². The summed E-state index contributed by atoms with van der Waals surface area (Å²) in [5.74, 6) is 0.860. The molecule has 0 radical (unpaired) electrons. The minimum atomic E-state index is -0.448. The van der Waals surface area contributed by atoms with Gasteiger partial charge in [-0.2, -0.15) is 0 Å². The maximum atomic E-state index is 13.3. The van der Waals surface area contributed by atoms with E-state index in [0.717, 1.165) is 29.1 Å². The molecule has 0 saturated heterocycles. The van der Waals surface area contributed by atoms with Crippen LogP contribution in [0.25, 0.3) is 0 Å². The third kappa shape index (κ3) is 3.00. The van der Waals surface area contributed by atoms with E-state index in [1.807, 2.05) is 55.1 Å². The number of amides is 2. The number of hydrogen-bond donors (Lipinski definition) is 0. The molecule has 0 spiro atoms. The molecule has 1 atom stereocenters. The highest BCUT2D eigenvalue weighted by Crippen LogP contribution is 2.28. The van der Waals surface area contributed by atoms with Gasteiger partial charge in [0.05, 0.1) is 12.2 Å². The molecule has 0 N–H and O–H groups in total. The molecule has 28 heavy (non-hydrogen) atoms. The van der Waals surface area contributed by atoms with Crippen molar-refractivity contribution in [1.29, 1.82) is 0 Å². The molecular weight excluding hydrogens is 354 g/mol. The van der Waals surface area contributed by atoms with Gasteiger partial charge in [-0.05, 0) is 24.5 Å². The molecule has 0 unspecified atom stereocenters. The normalized spacial score (nSPS) is 16.6. The lowest BCUT2D eigenvalue weighted by Crippen LogP contribution is -2.50. The molecule has 0 aliphatic carbocycles. The van der Waals surface area contributed by atoms with E-state index in [2.05, 4.69) is 9.97 Å². The van der Waals surface area contributed by atoms with Crippen LogP contribution in [0.1, 0.15) is 40.5 Å². The Morgan fingerprint density at radius 1 is 1.21 bits per heavy atom. The van der Waals surface area contributed by atoms with E-state index in [1.165, 1.54) is 0 Å². The van der Waals surface area contributed by atoms with Gasteiger partial charge >= 0.3 is 0 Å². The first-order chi connectivity index (χ1) is 13.5. The van der Waals surface area contributed by atoms with Crippen LogP contribution in [-0.4, -0.2) is 58.3 Å². The van der Waals surface area contributed by atoms with E-state index < -0.39 is 6.04 Å². The van der Waals surface area contributed by atoms with E-state index in [9.17, 15) is 9.59 Å². The topological polar surface area (TPSA) is 69.6 Å². The van der Waals surface area contributed by atoms with Crippen LogP contribution in [0.15, 0.2) is 30.6 Å². The Morgan fingerprint density at radius 3 is 2.71 bits per heavy atom. The number of hydrogen-bond acceptors (Lipinski definition) is 5. The van der Waals surface area contributed by atoms with Gasteiger partial charge in [-0.15, -0.1) is 0 Å². The maximum Gasteiger partial charge on any atom is 0.255 e. The summed E-state index contributed by atoms with van der Waals surface area (Å²) in [6.07, 6.45) is 2.87. The van der Waals surface area contributed by atoms with Gasteiger partial charge in [0.1, 0.15) is 18.2 Å². The summed E-state index contributed by atoms with van der Waals surface area (Å²) in [6.45, 7) is 3.54. The van der Waals surface area contributed by atoms with Crippen molar-refractivity contribution in [3.05, 3.63) is 53.0 Å². The summed E-state index contributed by atoms with van der Waals surface area (Å²) in [7, 11) is 3.92. The van der Waals surface area contributed by atoms with Crippen LogP contribution >= 0.6 is 0 Å². The van der Waals surface area contributed by atoms with Crippen LogP contribution in [0, 0.1) is 0 Å². The standard InChI is InChI=1S/C21H25N5O2/c1-4-18(26-11-14-7-5-6-8-15(14)20(26)27)21(28)25-10-9-16-17(12-25)22-13-23-19(16)24(2)3/h5-8,13,18H,4,9-12H2,1-3H3/t18-/m0/s1. The maximum absolute atomic E-state index is 13.3. The fourth-order valence-corrected chi connectivity index (χ4v) is 4.18. The van der Waals surface area contributed by atoms with E-state index in [4.69, 9.17) is 0 Å². The van der Waals surface area contributed by atoms with Crippen molar-refractivity contribution in [2.45, 2.75) is 38.9 Å². The highest BCUT2D eigenvalue weighted by Gasteiger charge is 2.38. The lowest BCUT2D eigenvalue weighted by molar-refractivity contribution is -0.137. The summed E-state index contributed by atoms with van der Waals surface area (Å²) in [5, 5.41) is 0. The average Bonchev–Trinajstić information content (AvgIpc) is 3.04. The van der Waals surface area contributed by atoms with Crippen molar-refractivity contribution < 1.29 is 9.59 Å². The SMILES string of the molecule is CC[C@@H](C(=O)N1CCc2c(ncnc2N(C)C)C1)N1Cc2ccccc2C1=O. The number of fused-ring (bicyclic) bond motifs is 2. The lowest BCUT2D eigenvalue weighted by Gasteiger charge is -2.35. The number of carbonyl (C=O) groups excluding carboxylic acids is 2. The van der Waals surface area contributed by atoms with Crippen molar-refractivity contribution in [2.75, 3.05) is 25.5 Å². The first kappa shape index (κ1) is 18.4. The van der Waals surface area contributed by atoms with Gasteiger partial charge in [0.25, 0.3) is 5.91 Å². The second-order valence-corrected chi connectivity index (χ2v) is 7.54. The van der Waals surface area contributed by atoms with E-state index >= 15 is 0 Å². The van der Waals surface area contributed by atoms with Crippen LogP contribution in [0.4, 0.5) is 5.82 Å². The summed E-state index contributed by atoms with van der Waals surface area (Å²) in [6, 6.07) is 7.15.